The SMILES string of the molecule is CCNS(=O)(=O)c1ccc(C)cc1.[KH]. The molecule has 1 aromatic rings. The van der Waals surface area contributed by atoms with Crippen LogP contribution in [0.15, 0.2) is 29.2 Å². The maximum atomic E-state index is 11.4. The van der Waals surface area contributed by atoms with Crippen molar-refractivity contribution in [1.82, 2.24) is 4.72 Å². The molecule has 1 N–H and O–H groups in total. The first-order valence-electron chi connectivity index (χ1n) is 4.12. The van der Waals surface area contributed by atoms with E-state index in [-0.39, 0.29) is 51.4 Å². The van der Waals surface area contributed by atoms with Crippen LogP contribution in [-0.2, 0) is 10.0 Å². The molecule has 1 aromatic carbocycles. The number of aryl methyl sites for hydroxylation is 1. The van der Waals surface area contributed by atoms with E-state index in [0.29, 0.717) is 11.4 Å². The van der Waals surface area contributed by atoms with E-state index in [2.05, 4.69) is 4.72 Å². The summed E-state index contributed by atoms with van der Waals surface area (Å²) in [5, 5.41) is 0. The second kappa shape index (κ2) is 6.37. The molecule has 5 heteroatoms. The monoisotopic (exact) mass is 239 g/mol. The van der Waals surface area contributed by atoms with Gasteiger partial charge in [0, 0.05) is 6.54 Å². The van der Waals surface area contributed by atoms with Crippen molar-refractivity contribution in [2.45, 2.75) is 18.7 Å². The number of rotatable bonds is 3. The quantitative estimate of drug-likeness (QED) is 0.787. The zero-order valence-corrected chi connectivity index (χ0v) is 8.56. The Kier molecular flexibility index (Phi) is 6.72. The Morgan fingerprint density at radius 1 is 1.21 bits per heavy atom. The van der Waals surface area contributed by atoms with Gasteiger partial charge in [-0.05, 0) is 19.1 Å². The van der Waals surface area contributed by atoms with E-state index < -0.39 is 10.0 Å². The van der Waals surface area contributed by atoms with E-state index >= 15 is 0 Å². The van der Waals surface area contributed by atoms with Gasteiger partial charge in [0.15, 0.2) is 0 Å². The van der Waals surface area contributed by atoms with Crippen LogP contribution in [0.4, 0.5) is 0 Å². The third-order valence-corrected chi connectivity index (χ3v) is 3.23. The van der Waals surface area contributed by atoms with Gasteiger partial charge in [0.05, 0.1) is 4.90 Å². The standard InChI is InChI=1S/C9H13NO2S.K.H/c1-3-10-13(11,12)9-6-4-8(2)5-7-9;;/h4-7,10H,3H2,1-2H3;;. The molecule has 3 nitrogen and oxygen atoms in total. The first-order chi connectivity index (χ1) is 6.06. The Morgan fingerprint density at radius 2 is 1.71 bits per heavy atom. The molecule has 0 aliphatic rings. The third kappa shape index (κ3) is 4.10. The van der Waals surface area contributed by atoms with Gasteiger partial charge in [-0.3, -0.25) is 0 Å². The molecule has 14 heavy (non-hydrogen) atoms. The molecule has 0 unspecified atom stereocenters. The summed E-state index contributed by atoms with van der Waals surface area (Å²) in [6.45, 7) is 4.09. The van der Waals surface area contributed by atoms with Crippen molar-refractivity contribution in [3.8, 4) is 0 Å². The first kappa shape index (κ1) is 14.8. The summed E-state index contributed by atoms with van der Waals surface area (Å²) < 4.78 is 25.3. The summed E-state index contributed by atoms with van der Waals surface area (Å²) in [6.07, 6.45) is 0. The predicted octanol–water partition coefficient (Wildman–Crippen LogP) is 0.645. The summed E-state index contributed by atoms with van der Waals surface area (Å²) in [5.41, 5.74) is 1.05. The zero-order chi connectivity index (χ0) is 9.90. The molecule has 0 saturated heterocycles. The van der Waals surface area contributed by atoms with Gasteiger partial charge in [-0.1, -0.05) is 24.6 Å². The van der Waals surface area contributed by atoms with Gasteiger partial charge in [-0.25, -0.2) is 13.1 Å². The van der Waals surface area contributed by atoms with E-state index in [1.54, 1.807) is 31.2 Å². The number of hydrogen-bond acceptors (Lipinski definition) is 2. The van der Waals surface area contributed by atoms with Gasteiger partial charge in [-0.2, -0.15) is 0 Å². The average Bonchev–Trinajstić information content (AvgIpc) is 2.05. The Morgan fingerprint density at radius 3 is 2.14 bits per heavy atom. The fraction of sp³-hybridized carbons (Fsp3) is 0.333. The predicted molar refractivity (Wildman–Crippen MR) is 59.2 cm³/mol. The van der Waals surface area contributed by atoms with Gasteiger partial charge in [0.2, 0.25) is 10.0 Å². The van der Waals surface area contributed by atoms with Crippen LogP contribution in [0, 0.1) is 6.92 Å². The molecule has 74 valence electrons. The molecule has 0 heterocycles. The van der Waals surface area contributed by atoms with E-state index in [9.17, 15) is 8.42 Å². The van der Waals surface area contributed by atoms with Crippen LogP contribution in [0.5, 0.6) is 0 Å². The van der Waals surface area contributed by atoms with Crippen molar-refractivity contribution in [2.75, 3.05) is 6.54 Å². The van der Waals surface area contributed by atoms with Crippen molar-refractivity contribution in [3.63, 3.8) is 0 Å². The van der Waals surface area contributed by atoms with E-state index in [4.69, 9.17) is 0 Å². The molecule has 0 bridgehead atoms. The van der Waals surface area contributed by atoms with E-state index in [1.807, 2.05) is 6.92 Å². The van der Waals surface area contributed by atoms with Crippen LogP contribution < -0.4 is 4.72 Å². The van der Waals surface area contributed by atoms with Crippen LogP contribution in [0.2, 0.25) is 0 Å². The number of benzene rings is 1. The number of hydrogen-bond donors (Lipinski definition) is 1. The normalized spacial score (nSPS) is 10.7. The van der Waals surface area contributed by atoms with Crippen molar-refractivity contribution >= 4 is 61.4 Å². The van der Waals surface area contributed by atoms with Crippen molar-refractivity contribution < 1.29 is 8.42 Å². The summed E-state index contributed by atoms with van der Waals surface area (Å²) in [5.74, 6) is 0. The third-order valence-electron chi connectivity index (χ3n) is 1.67. The molecule has 0 aliphatic carbocycles. The van der Waals surface area contributed by atoms with Crippen LogP contribution >= 0.6 is 0 Å². The van der Waals surface area contributed by atoms with E-state index in [1.165, 1.54) is 0 Å². The molecular weight excluding hydrogens is 225 g/mol. The van der Waals surface area contributed by atoms with Gasteiger partial charge >= 0.3 is 51.4 Å². The Hall–Kier alpha value is 0.766. The fourth-order valence-electron chi connectivity index (χ4n) is 0.991. The molecule has 0 radical (unpaired) electrons. The van der Waals surface area contributed by atoms with Gasteiger partial charge < -0.3 is 0 Å². The Balaban J connectivity index is 0.00000169. The maximum absolute atomic E-state index is 11.4. The minimum atomic E-state index is -3.28. The number of nitrogens with one attached hydrogen (secondary N) is 1. The summed E-state index contributed by atoms with van der Waals surface area (Å²) in [4.78, 5) is 0.319. The van der Waals surface area contributed by atoms with Crippen LogP contribution in [0.3, 0.4) is 0 Å². The van der Waals surface area contributed by atoms with Crippen LogP contribution in [0.25, 0.3) is 0 Å². The summed E-state index contributed by atoms with van der Waals surface area (Å²) >= 11 is 0. The van der Waals surface area contributed by atoms with Crippen LogP contribution in [-0.4, -0.2) is 66.3 Å². The van der Waals surface area contributed by atoms with Crippen LogP contribution in [0.1, 0.15) is 12.5 Å². The van der Waals surface area contributed by atoms with Gasteiger partial charge in [0.1, 0.15) is 0 Å². The second-order valence-electron chi connectivity index (χ2n) is 2.81. The van der Waals surface area contributed by atoms with Gasteiger partial charge in [-0.15, -0.1) is 0 Å². The Bertz CT molecular complexity index is 372. The molecule has 1 rings (SSSR count). The number of sulfonamides is 1. The van der Waals surface area contributed by atoms with Gasteiger partial charge in [0.25, 0.3) is 0 Å². The Labute approximate surface area is 128 Å². The average molecular weight is 239 g/mol. The topological polar surface area (TPSA) is 46.2 Å². The molecule has 0 atom stereocenters. The van der Waals surface area contributed by atoms with Crippen molar-refractivity contribution in [2.24, 2.45) is 0 Å². The van der Waals surface area contributed by atoms with Crippen molar-refractivity contribution in [3.05, 3.63) is 29.8 Å². The molecular formula is C9H14KNO2S. The molecule has 0 saturated carbocycles. The second-order valence-corrected chi connectivity index (χ2v) is 4.58. The molecule has 0 aliphatic heterocycles. The minimum absolute atomic E-state index is 0. The molecule has 0 aromatic heterocycles. The van der Waals surface area contributed by atoms with E-state index in [0.717, 1.165) is 5.56 Å². The molecule has 0 amide bonds. The molecule has 0 spiro atoms. The zero-order valence-electron chi connectivity index (χ0n) is 7.74. The fourth-order valence-corrected chi connectivity index (χ4v) is 2.03. The first-order valence-corrected chi connectivity index (χ1v) is 5.61. The summed E-state index contributed by atoms with van der Waals surface area (Å²) in [6, 6.07) is 6.77. The summed E-state index contributed by atoms with van der Waals surface area (Å²) in [7, 11) is -3.28. The van der Waals surface area contributed by atoms with Crippen molar-refractivity contribution in [1.29, 1.82) is 0 Å². The molecule has 0 fully saturated rings.